The van der Waals surface area contributed by atoms with Gasteiger partial charge in [0, 0.05) is 17.5 Å². The van der Waals surface area contributed by atoms with Crippen LogP contribution in [0.4, 0.5) is 5.82 Å². The Hall–Kier alpha value is -1.76. The molecule has 0 aliphatic carbocycles. The number of ether oxygens (including phenoxy) is 1. The molecule has 0 bridgehead atoms. The van der Waals surface area contributed by atoms with Crippen LogP contribution >= 0.6 is 12.2 Å². The standard InChI is InChI=1S/C15H17N3O2S/c16-15(21)12-7-14(17-13-4-2-1-3-11(12)13)18-5-6-20-9-10(18)8-19/h1-4,7,10,19H,5-6,8-9H2,(H2,16,21). The highest BCUT2D eigenvalue weighted by Crippen LogP contribution is 2.25. The van der Waals surface area contributed by atoms with Gasteiger partial charge in [0.05, 0.1) is 31.4 Å². The van der Waals surface area contributed by atoms with Gasteiger partial charge in [-0.15, -0.1) is 0 Å². The molecule has 1 unspecified atom stereocenters. The van der Waals surface area contributed by atoms with E-state index in [0.29, 0.717) is 24.7 Å². The van der Waals surface area contributed by atoms with E-state index in [2.05, 4.69) is 9.88 Å². The fraction of sp³-hybridized carbons (Fsp3) is 0.333. The Kier molecular flexibility index (Phi) is 4.01. The predicted octanol–water partition coefficient (Wildman–Crippen LogP) is 1.07. The summed E-state index contributed by atoms with van der Waals surface area (Å²) < 4.78 is 5.41. The van der Waals surface area contributed by atoms with Gasteiger partial charge in [-0.1, -0.05) is 30.4 Å². The number of nitrogens with zero attached hydrogens (tertiary/aromatic N) is 2. The first-order valence-electron chi connectivity index (χ1n) is 6.85. The maximum atomic E-state index is 9.51. The third kappa shape index (κ3) is 2.70. The Morgan fingerprint density at radius 1 is 1.48 bits per heavy atom. The van der Waals surface area contributed by atoms with E-state index in [1.807, 2.05) is 30.3 Å². The highest BCUT2D eigenvalue weighted by Gasteiger charge is 2.24. The molecular formula is C15H17N3O2S. The lowest BCUT2D eigenvalue weighted by Gasteiger charge is -2.35. The van der Waals surface area contributed by atoms with Crippen molar-refractivity contribution in [3.05, 3.63) is 35.9 Å². The Balaban J connectivity index is 2.12. The normalized spacial score (nSPS) is 18.9. The molecule has 6 heteroatoms. The van der Waals surface area contributed by atoms with Crippen LogP contribution in [-0.4, -0.2) is 47.5 Å². The molecule has 1 aliphatic rings. The zero-order valence-electron chi connectivity index (χ0n) is 11.5. The number of pyridine rings is 1. The van der Waals surface area contributed by atoms with E-state index in [0.717, 1.165) is 22.3 Å². The summed E-state index contributed by atoms with van der Waals surface area (Å²) in [5, 5.41) is 10.5. The molecular weight excluding hydrogens is 286 g/mol. The minimum Gasteiger partial charge on any atom is -0.394 e. The molecule has 3 N–H and O–H groups in total. The quantitative estimate of drug-likeness (QED) is 0.826. The van der Waals surface area contributed by atoms with Crippen molar-refractivity contribution in [2.24, 2.45) is 5.73 Å². The summed E-state index contributed by atoms with van der Waals surface area (Å²) in [6, 6.07) is 9.59. The van der Waals surface area contributed by atoms with Crippen LogP contribution in [0, 0.1) is 0 Å². The molecule has 1 aliphatic heterocycles. The molecule has 3 rings (SSSR count). The lowest BCUT2D eigenvalue weighted by atomic mass is 10.1. The van der Waals surface area contributed by atoms with Gasteiger partial charge in [0.2, 0.25) is 0 Å². The van der Waals surface area contributed by atoms with E-state index in [-0.39, 0.29) is 12.6 Å². The van der Waals surface area contributed by atoms with Gasteiger partial charge >= 0.3 is 0 Å². The van der Waals surface area contributed by atoms with Crippen molar-refractivity contribution in [1.82, 2.24) is 4.98 Å². The molecule has 21 heavy (non-hydrogen) atoms. The van der Waals surface area contributed by atoms with Crippen LogP contribution in [0.1, 0.15) is 5.56 Å². The number of hydrogen-bond donors (Lipinski definition) is 2. The van der Waals surface area contributed by atoms with Crippen molar-refractivity contribution in [3.63, 3.8) is 0 Å². The van der Waals surface area contributed by atoms with Crippen LogP contribution in [0.25, 0.3) is 10.9 Å². The van der Waals surface area contributed by atoms with Gasteiger partial charge in [0.1, 0.15) is 10.8 Å². The third-order valence-electron chi connectivity index (χ3n) is 3.70. The third-order valence-corrected chi connectivity index (χ3v) is 3.92. The monoisotopic (exact) mass is 303 g/mol. The van der Waals surface area contributed by atoms with E-state index >= 15 is 0 Å². The second kappa shape index (κ2) is 5.93. The number of rotatable bonds is 3. The lowest BCUT2D eigenvalue weighted by Crippen LogP contribution is -2.48. The molecule has 1 saturated heterocycles. The summed E-state index contributed by atoms with van der Waals surface area (Å²) in [5.74, 6) is 0.777. The molecule has 1 fully saturated rings. The van der Waals surface area contributed by atoms with Gasteiger partial charge in [-0.3, -0.25) is 0 Å². The van der Waals surface area contributed by atoms with Crippen LogP contribution in [-0.2, 0) is 4.74 Å². The number of aromatic nitrogens is 1. The zero-order valence-corrected chi connectivity index (χ0v) is 12.3. The summed E-state index contributed by atoms with van der Waals surface area (Å²) in [6.45, 7) is 1.82. The topological polar surface area (TPSA) is 71.6 Å². The first-order valence-corrected chi connectivity index (χ1v) is 7.26. The Morgan fingerprint density at radius 3 is 3.05 bits per heavy atom. The molecule has 1 atom stereocenters. The van der Waals surface area contributed by atoms with Gasteiger partial charge in [0.15, 0.2) is 0 Å². The number of benzene rings is 1. The van der Waals surface area contributed by atoms with Crippen LogP contribution in [0.5, 0.6) is 0 Å². The number of nitrogens with two attached hydrogens (primary N) is 1. The summed E-state index contributed by atoms with van der Waals surface area (Å²) in [4.78, 5) is 7.09. The number of hydrogen-bond acceptors (Lipinski definition) is 5. The Labute approximate surface area is 128 Å². The molecule has 0 radical (unpaired) electrons. The number of thiocarbonyl (C=S) groups is 1. The predicted molar refractivity (Wildman–Crippen MR) is 86.7 cm³/mol. The van der Waals surface area contributed by atoms with Crippen molar-refractivity contribution in [3.8, 4) is 0 Å². The number of aliphatic hydroxyl groups is 1. The first-order chi connectivity index (χ1) is 10.2. The Bertz CT molecular complexity index is 677. The van der Waals surface area contributed by atoms with Crippen LogP contribution < -0.4 is 10.6 Å². The molecule has 1 aromatic carbocycles. The second-order valence-electron chi connectivity index (χ2n) is 5.01. The van der Waals surface area contributed by atoms with Crippen LogP contribution in [0.15, 0.2) is 30.3 Å². The number of aliphatic hydroxyl groups excluding tert-OH is 1. The largest absolute Gasteiger partial charge is 0.394 e. The molecule has 2 heterocycles. The first kappa shape index (κ1) is 14.2. The van der Waals surface area contributed by atoms with Gasteiger partial charge in [-0.05, 0) is 12.1 Å². The van der Waals surface area contributed by atoms with Crippen molar-refractivity contribution in [2.75, 3.05) is 31.3 Å². The zero-order chi connectivity index (χ0) is 14.8. The SMILES string of the molecule is NC(=S)c1cc(N2CCOCC2CO)nc2ccccc12. The van der Waals surface area contributed by atoms with Gasteiger partial charge < -0.3 is 20.5 Å². The number of morpholine rings is 1. The minimum absolute atomic E-state index is 0.0247. The molecule has 0 saturated carbocycles. The molecule has 5 nitrogen and oxygen atoms in total. The second-order valence-corrected chi connectivity index (χ2v) is 5.45. The smallest absolute Gasteiger partial charge is 0.130 e. The van der Waals surface area contributed by atoms with Crippen LogP contribution in [0.3, 0.4) is 0 Å². The summed E-state index contributed by atoms with van der Waals surface area (Å²) in [6.07, 6.45) is 0. The molecule has 1 aromatic heterocycles. The van der Waals surface area contributed by atoms with Crippen LogP contribution in [0.2, 0.25) is 0 Å². The molecule has 2 aromatic rings. The van der Waals surface area contributed by atoms with Gasteiger partial charge in [0.25, 0.3) is 0 Å². The average Bonchev–Trinajstić information content (AvgIpc) is 2.53. The van der Waals surface area contributed by atoms with E-state index in [4.69, 9.17) is 22.7 Å². The summed E-state index contributed by atoms with van der Waals surface area (Å²) in [5.41, 5.74) is 7.52. The van der Waals surface area contributed by atoms with Crippen molar-refractivity contribution < 1.29 is 9.84 Å². The molecule has 110 valence electrons. The fourth-order valence-corrected chi connectivity index (χ4v) is 2.79. The van der Waals surface area contributed by atoms with E-state index in [1.165, 1.54) is 0 Å². The molecule has 0 spiro atoms. The highest BCUT2D eigenvalue weighted by molar-refractivity contribution is 7.80. The van der Waals surface area contributed by atoms with E-state index in [1.54, 1.807) is 0 Å². The number of anilines is 1. The van der Waals surface area contributed by atoms with Gasteiger partial charge in [-0.2, -0.15) is 0 Å². The highest BCUT2D eigenvalue weighted by atomic mass is 32.1. The van der Waals surface area contributed by atoms with Crippen molar-refractivity contribution in [1.29, 1.82) is 0 Å². The number of fused-ring (bicyclic) bond motifs is 1. The minimum atomic E-state index is -0.0911. The molecule has 0 amide bonds. The maximum absolute atomic E-state index is 9.51. The average molecular weight is 303 g/mol. The van der Waals surface area contributed by atoms with Crippen molar-refractivity contribution >= 4 is 33.9 Å². The Morgan fingerprint density at radius 2 is 2.29 bits per heavy atom. The van der Waals surface area contributed by atoms with Crippen molar-refractivity contribution in [2.45, 2.75) is 6.04 Å². The lowest BCUT2D eigenvalue weighted by molar-refractivity contribution is 0.0723. The maximum Gasteiger partial charge on any atom is 0.130 e. The van der Waals surface area contributed by atoms with E-state index in [9.17, 15) is 5.11 Å². The van der Waals surface area contributed by atoms with E-state index < -0.39 is 0 Å². The summed E-state index contributed by atoms with van der Waals surface area (Å²) in [7, 11) is 0. The van der Waals surface area contributed by atoms with Gasteiger partial charge in [-0.25, -0.2) is 4.98 Å². The summed E-state index contributed by atoms with van der Waals surface area (Å²) >= 11 is 5.17. The fourth-order valence-electron chi connectivity index (χ4n) is 2.62. The number of para-hydroxylation sites is 1.